The molecule has 2 aromatic rings. The third-order valence-electron chi connectivity index (χ3n) is 8.99. The molecule has 4 aliphatic rings. The summed E-state index contributed by atoms with van der Waals surface area (Å²) < 4.78 is 1.83. The summed E-state index contributed by atoms with van der Waals surface area (Å²) in [6, 6.07) is 6.40. The maximum atomic E-state index is 13.5. The molecule has 2 saturated heterocycles. The number of amides is 2. The third kappa shape index (κ3) is 3.99. The molecule has 3 fully saturated rings. The van der Waals surface area contributed by atoms with E-state index >= 15 is 0 Å². The van der Waals surface area contributed by atoms with Crippen molar-refractivity contribution in [3.05, 3.63) is 46.3 Å². The highest BCUT2D eigenvalue weighted by Crippen LogP contribution is 2.57. The monoisotopic (exact) mass is 491 g/mol. The van der Waals surface area contributed by atoms with Crippen molar-refractivity contribution in [1.82, 2.24) is 19.6 Å². The number of aryl methyl sites for hydroxylation is 1. The average Bonchev–Trinajstić information content (AvgIpc) is 3.39. The average molecular weight is 492 g/mol. The first-order valence-corrected chi connectivity index (χ1v) is 13.5. The standard InChI is InChI=1S/C28H37N5O3/c1-17-5-4-6-23(19(17)3)30-9-11-31(12-10-30)25(35)16-33-24-15-20-14-22(20)26(24)27(29-33)28(36)32-8-7-21(34)13-18(32)2/h4-6,18,20-22,34H,7-16H2,1-3H3/t18-,20+,21+,22+/m0/s1. The van der Waals surface area contributed by atoms with Gasteiger partial charge in [0.05, 0.1) is 6.10 Å². The van der Waals surface area contributed by atoms with Gasteiger partial charge in [0.1, 0.15) is 6.54 Å². The molecule has 0 unspecified atom stereocenters. The van der Waals surface area contributed by atoms with Crippen molar-refractivity contribution in [2.45, 2.75) is 71.1 Å². The summed E-state index contributed by atoms with van der Waals surface area (Å²) in [4.78, 5) is 33.0. The lowest BCUT2D eigenvalue weighted by atomic mass is 9.99. The molecule has 2 amide bonds. The summed E-state index contributed by atoms with van der Waals surface area (Å²) in [7, 11) is 0. The Hall–Kier alpha value is -2.87. The molecular formula is C28H37N5O3. The summed E-state index contributed by atoms with van der Waals surface area (Å²) >= 11 is 0. The smallest absolute Gasteiger partial charge is 0.274 e. The van der Waals surface area contributed by atoms with E-state index in [1.807, 2.05) is 21.4 Å². The largest absolute Gasteiger partial charge is 0.393 e. The number of hydrogen-bond acceptors (Lipinski definition) is 5. The van der Waals surface area contributed by atoms with Gasteiger partial charge in [-0.05, 0) is 75.5 Å². The van der Waals surface area contributed by atoms with Gasteiger partial charge in [0.15, 0.2) is 5.69 Å². The van der Waals surface area contributed by atoms with Gasteiger partial charge in [-0.3, -0.25) is 14.3 Å². The van der Waals surface area contributed by atoms with E-state index in [1.54, 1.807) is 0 Å². The summed E-state index contributed by atoms with van der Waals surface area (Å²) in [6.45, 7) is 10.1. The molecular weight excluding hydrogens is 454 g/mol. The summed E-state index contributed by atoms with van der Waals surface area (Å²) in [5.41, 5.74) is 6.58. The Morgan fingerprint density at radius 1 is 1.08 bits per heavy atom. The molecule has 8 heteroatoms. The molecule has 1 aromatic carbocycles. The Morgan fingerprint density at radius 3 is 2.61 bits per heavy atom. The molecule has 8 nitrogen and oxygen atoms in total. The molecule has 192 valence electrons. The van der Waals surface area contributed by atoms with Crippen LogP contribution in [0.25, 0.3) is 0 Å². The first kappa shape index (κ1) is 23.5. The molecule has 4 atom stereocenters. The summed E-state index contributed by atoms with van der Waals surface area (Å²) in [5.74, 6) is 1.07. The van der Waals surface area contributed by atoms with Gasteiger partial charge in [-0.2, -0.15) is 5.10 Å². The van der Waals surface area contributed by atoms with Gasteiger partial charge < -0.3 is 19.8 Å². The van der Waals surface area contributed by atoms with Crippen LogP contribution in [-0.4, -0.2) is 81.4 Å². The minimum atomic E-state index is -0.340. The van der Waals surface area contributed by atoms with E-state index < -0.39 is 0 Å². The van der Waals surface area contributed by atoms with Crippen LogP contribution in [0.3, 0.4) is 0 Å². The van der Waals surface area contributed by atoms with Crippen LogP contribution in [0.4, 0.5) is 5.69 Å². The van der Waals surface area contributed by atoms with E-state index in [1.165, 1.54) is 16.8 Å². The highest BCUT2D eigenvalue weighted by atomic mass is 16.3. The van der Waals surface area contributed by atoms with Crippen LogP contribution in [0.15, 0.2) is 18.2 Å². The van der Waals surface area contributed by atoms with Crippen molar-refractivity contribution >= 4 is 17.5 Å². The number of hydrogen-bond donors (Lipinski definition) is 1. The summed E-state index contributed by atoms with van der Waals surface area (Å²) in [5, 5.41) is 14.7. The van der Waals surface area contributed by atoms with Gasteiger partial charge in [-0.1, -0.05) is 12.1 Å². The first-order chi connectivity index (χ1) is 17.3. The molecule has 3 heterocycles. The number of aliphatic hydroxyl groups is 1. The van der Waals surface area contributed by atoms with Gasteiger partial charge in [-0.15, -0.1) is 0 Å². The van der Waals surface area contributed by atoms with Crippen molar-refractivity contribution in [2.24, 2.45) is 5.92 Å². The van der Waals surface area contributed by atoms with Crippen LogP contribution in [0.1, 0.15) is 65.0 Å². The van der Waals surface area contributed by atoms with E-state index in [0.717, 1.165) is 37.2 Å². The summed E-state index contributed by atoms with van der Waals surface area (Å²) in [6.07, 6.45) is 2.92. The number of aliphatic hydroxyl groups excluding tert-OH is 1. The number of likely N-dealkylation sites (tertiary alicyclic amines) is 1. The Labute approximate surface area is 212 Å². The Bertz CT molecular complexity index is 1200. The Kier molecular flexibility index (Phi) is 5.82. The molecule has 2 aliphatic carbocycles. The van der Waals surface area contributed by atoms with E-state index in [9.17, 15) is 14.7 Å². The van der Waals surface area contributed by atoms with Crippen molar-refractivity contribution in [2.75, 3.05) is 37.6 Å². The minimum Gasteiger partial charge on any atom is -0.393 e. The van der Waals surface area contributed by atoms with Crippen LogP contribution in [0.5, 0.6) is 0 Å². The van der Waals surface area contributed by atoms with Crippen molar-refractivity contribution < 1.29 is 14.7 Å². The normalized spacial score (nSPS) is 27.2. The molecule has 1 aromatic heterocycles. The lowest BCUT2D eigenvalue weighted by molar-refractivity contribution is -0.132. The topological polar surface area (TPSA) is 81.9 Å². The second-order valence-corrected chi connectivity index (χ2v) is 11.3. The van der Waals surface area contributed by atoms with Crippen LogP contribution >= 0.6 is 0 Å². The van der Waals surface area contributed by atoms with Crippen molar-refractivity contribution in [3.63, 3.8) is 0 Å². The number of aromatic nitrogens is 2. The zero-order chi connectivity index (χ0) is 25.1. The van der Waals surface area contributed by atoms with Gasteiger partial charge in [0, 0.05) is 55.7 Å². The van der Waals surface area contributed by atoms with Gasteiger partial charge in [0.2, 0.25) is 5.91 Å². The SMILES string of the molecule is Cc1cccc(N2CCN(C(=O)Cn3nc(C(=O)N4CC[C@@H](O)C[C@@H]4C)c4c3C[C@H]3C[C@@H]43)CC2)c1C. The van der Waals surface area contributed by atoms with E-state index in [4.69, 9.17) is 5.10 Å². The fraction of sp³-hybridized carbons (Fsp3) is 0.607. The number of rotatable bonds is 4. The van der Waals surface area contributed by atoms with Crippen LogP contribution in [0, 0.1) is 19.8 Å². The molecule has 2 aliphatic heterocycles. The zero-order valence-electron chi connectivity index (χ0n) is 21.6. The van der Waals surface area contributed by atoms with Gasteiger partial charge >= 0.3 is 0 Å². The predicted molar refractivity (Wildman–Crippen MR) is 137 cm³/mol. The lowest BCUT2D eigenvalue weighted by Crippen LogP contribution is -2.50. The predicted octanol–water partition coefficient (Wildman–Crippen LogP) is 2.49. The zero-order valence-corrected chi connectivity index (χ0v) is 21.6. The number of anilines is 1. The van der Waals surface area contributed by atoms with Gasteiger partial charge in [-0.25, -0.2) is 0 Å². The van der Waals surface area contributed by atoms with Crippen LogP contribution < -0.4 is 4.90 Å². The number of carbonyl (C=O) groups is 2. The van der Waals surface area contributed by atoms with Gasteiger partial charge in [0.25, 0.3) is 5.91 Å². The van der Waals surface area contributed by atoms with E-state index in [0.29, 0.717) is 50.0 Å². The molecule has 0 bridgehead atoms. The molecule has 1 saturated carbocycles. The Balaban J connectivity index is 1.15. The lowest BCUT2D eigenvalue weighted by Gasteiger charge is -2.37. The highest BCUT2D eigenvalue weighted by Gasteiger charge is 2.51. The molecule has 0 spiro atoms. The minimum absolute atomic E-state index is 0.00609. The Morgan fingerprint density at radius 2 is 1.86 bits per heavy atom. The maximum absolute atomic E-state index is 13.5. The second-order valence-electron chi connectivity index (χ2n) is 11.3. The number of benzene rings is 1. The number of nitrogens with zero attached hydrogens (tertiary/aromatic N) is 5. The maximum Gasteiger partial charge on any atom is 0.274 e. The van der Waals surface area contributed by atoms with Crippen LogP contribution in [-0.2, 0) is 17.8 Å². The number of carbonyl (C=O) groups excluding carboxylic acids is 2. The van der Waals surface area contributed by atoms with Crippen molar-refractivity contribution in [1.29, 1.82) is 0 Å². The fourth-order valence-electron chi connectivity index (χ4n) is 6.57. The first-order valence-electron chi connectivity index (χ1n) is 13.5. The fourth-order valence-corrected chi connectivity index (χ4v) is 6.57. The molecule has 6 rings (SSSR count). The molecule has 0 radical (unpaired) electrons. The molecule has 36 heavy (non-hydrogen) atoms. The quantitative estimate of drug-likeness (QED) is 0.711. The second kappa shape index (κ2) is 8.91. The van der Waals surface area contributed by atoms with E-state index in [2.05, 4.69) is 36.9 Å². The number of piperidine rings is 1. The van der Waals surface area contributed by atoms with Crippen LogP contribution in [0.2, 0.25) is 0 Å². The third-order valence-corrected chi connectivity index (χ3v) is 8.99. The number of piperazine rings is 1. The highest BCUT2D eigenvalue weighted by molar-refractivity contribution is 5.95. The molecule has 1 N–H and O–H groups in total. The number of fused-ring (bicyclic) bond motifs is 3. The van der Waals surface area contributed by atoms with Crippen molar-refractivity contribution in [3.8, 4) is 0 Å². The van der Waals surface area contributed by atoms with E-state index in [-0.39, 0.29) is 30.5 Å².